The summed E-state index contributed by atoms with van der Waals surface area (Å²) in [6.07, 6.45) is 0.0307. The number of imide groups is 1. The molecule has 1 heterocycles. The maximum Gasteiger partial charge on any atom is 0.327 e. The number of likely N-dealkylation sites (N-methyl/N-ethyl adjacent to an activating group) is 1. The second-order valence-electron chi connectivity index (χ2n) is 7.28. The Hall–Kier alpha value is -3.75. The van der Waals surface area contributed by atoms with Gasteiger partial charge in [-0.25, -0.2) is 18.3 Å². The van der Waals surface area contributed by atoms with Gasteiger partial charge in [0.05, 0.1) is 34.9 Å². The first-order valence-corrected chi connectivity index (χ1v) is 11.1. The number of sulfone groups is 1. The monoisotopic (exact) mass is 456 g/mol. The first kappa shape index (κ1) is 22.9. The Labute approximate surface area is 184 Å². The average Bonchev–Trinajstić information content (AvgIpc) is 3.03. The highest BCUT2D eigenvalue weighted by Gasteiger charge is 2.37. The van der Waals surface area contributed by atoms with Crippen molar-refractivity contribution in [2.45, 2.75) is 10.9 Å². The SMILES string of the molecule is CN1CC(=O)N(CC(CS(=O)(=O)c2ccc(-c3ccc(C#N)cc3)cc2)N(O)C=O)C1=O. The molecule has 10 nitrogen and oxygen atoms in total. The van der Waals surface area contributed by atoms with Crippen LogP contribution in [0.1, 0.15) is 5.56 Å². The number of amides is 4. The van der Waals surface area contributed by atoms with Crippen LogP contribution in [0.2, 0.25) is 0 Å². The maximum absolute atomic E-state index is 12.9. The molecular weight excluding hydrogens is 436 g/mol. The zero-order chi connectivity index (χ0) is 23.5. The molecule has 3 rings (SSSR count). The molecule has 0 saturated carbocycles. The number of hydrogen-bond donors (Lipinski definition) is 1. The molecule has 1 aliphatic rings. The van der Waals surface area contributed by atoms with Gasteiger partial charge in [-0.1, -0.05) is 24.3 Å². The predicted octanol–water partition coefficient (Wildman–Crippen LogP) is 1.11. The Balaban J connectivity index is 1.80. The molecule has 1 aliphatic heterocycles. The Morgan fingerprint density at radius 2 is 1.69 bits per heavy atom. The summed E-state index contributed by atoms with van der Waals surface area (Å²) in [5.41, 5.74) is 2.03. The lowest BCUT2D eigenvalue weighted by Crippen LogP contribution is -2.48. The molecule has 1 N–H and O–H groups in total. The van der Waals surface area contributed by atoms with Crippen LogP contribution in [0, 0.1) is 11.3 Å². The average molecular weight is 456 g/mol. The van der Waals surface area contributed by atoms with Gasteiger partial charge in [0.25, 0.3) is 0 Å². The van der Waals surface area contributed by atoms with Crippen molar-refractivity contribution in [1.29, 1.82) is 5.26 Å². The summed E-state index contributed by atoms with van der Waals surface area (Å²) in [5.74, 6) is -1.25. The summed E-state index contributed by atoms with van der Waals surface area (Å²) in [7, 11) is -2.57. The molecule has 1 unspecified atom stereocenters. The Bertz CT molecular complexity index is 1170. The van der Waals surface area contributed by atoms with Crippen molar-refractivity contribution in [2.75, 3.05) is 25.9 Å². The van der Waals surface area contributed by atoms with Crippen LogP contribution in [0.15, 0.2) is 53.4 Å². The van der Waals surface area contributed by atoms with Crippen LogP contribution in [-0.2, 0) is 19.4 Å². The van der Waals surface area contributed by atoms with E-state index in [1.54, 1.807) is 36.4 Å². The normalized spacial score (nSPS) is 14.9. The quantitative estimate of drug-likeness (QED) is 0.272. The lowest BCUT2D eigenvalue weighted by Gasteiger charge is -2.26. The summed E-state index contributed by atoms with van der Waals surface area (Å²) in [6, 6.07) is 12.8. The number of benzene rings is 2. The standard InChI is InChI=1S/C21H20N4O6S/c1-23-12-20(27)24(21(23)28)11-18(25(29)14-26)13-32(30,31)19-8-6-17(7-9-19)16-4-2-15(10-22)3-5-16/h2-9,14,18,29H,11-13H2,1H3. The third-order valence-electron chi connectivity index (χ3n) is 5.08. The topological polar surface area (TPSA) is 139 Å². The molecule has 1 atom stereocenters. The first-order chi connectivity index (χ1) is 15.2. The predicted molar refractivity (Wildman–Crippen MR) is 112 cm³/mol. The molecule has 4 amide bonds. The van der Waals surface area contributed by atoms with E-state index in [-0.39, 0.29) is 22.9 Å². The van der Waals surface area contributed by atoms with Crippen LogP contribution in [0.4, 0.5) is 4.79 Å². The van der Waals surface area contributed by atoms with Gasteiger partial charge in [-0.15, -0.1) is 0 Å². The number of carbonyl (C=O) groups is 3. The lowest BCUT2D eigenvalue weighted by atomic mass is 10.0. The van der Waals surface area contributed by atoms with Crippen molar-refractivity contribution < 1.29 is 28.0 Å². The molecule has 0 spiro atoms. The first-order valence-electron chi connectivity index (χ1n) is 9.47. The highest BCUT2D eigenvalue weighted by atomic mass is 32.2. The van der Waals surface area contributed by atoms with Crippen molar-refractivity contribution in [3.8, 4) is 17.2 Å². The van der Waals surface area contributed by atoms with Gasteiger partial charge in [0.1, 0.15) is 6.54 Å². The minimum atomic E-state index is -3.98. The number of urea groups is 1. The van der Waals surface area contributed by atoms with E-state index in [9.17, 15) is 28.0 Å². The number of hydrogen-bond acceptors (Lipinski definition) is 7. The largest absolute Gasteiger partial charge is 0.327 e. The fourth-order valence-electron chi connectivity index (χ4n) is 3.30. The molecule has 1 saturated heterocycles. The van der Waals surface area contributed by atoms with Gasteiger partial charge in [0.15, 0.2) is 9.84 Å². The molecule has 2 aromatic carbocycles. The Morgan fingerprint density at radius 1 is 1.12 bits per heavy atom. The zero-order valence-corrected chi connectivity index (χ0v) is 17.9. The van der Waals surface area contributed by atoms with Crippen LogP contribution in [0.25, 0.3) is 11.1 Å². The van der Waals surface area contributed by atoms with Gasteiger partial charge >= 0.3 is 6.03 Å². The van der Waals surface area contributed by atoms with Gasteiger partial charge in [-0.05, 0) is 35.4 Å². The molecule has 0 aromatic heterocycles. The summed E-state index contributed by atoms with van der Waals surface area (Å²) in [6.45, 7) is -0.624. The van der Waals surface area contributed by atoms with Crippen molar-refractivity contribution in [3.63, 3.8) is 0 Å². The number of hydroxylamine groups is 2. The molecule has 0 aliphatic carbocycles. The molecule has 166 valence electrons. The second-order valence-corrected chi connectivity index (χ2v) is 9.31. The maximum atomic E-state index is 12.9. The Morgan fingerprint density at radius 3 is 2.16 bits per heavy atom. The van der Waals surface area contributed by atoms with Crippen LogP contribution >= 0.6 is 0 Å². The van der Waals surface area contributed by atoms with Crippen LogP contribution < -0.4 is 0 Å². The highest BCUT2D eigenvalue weighted by Crippen LogP contribution is 2.23. The Kier molecular flexibility index (Phi) is 6.57. The summed E-state index contributed by atoms with van der Waals surface area (Å²) < 4.78 is 25.8. The summed E-state index contributed by atoms with van der Waals surface area (Å²) in [5, 5.41) is 18.9. The lowest BCUT2D eigenvalue weighted by molar-refractivity contribution is -0.160. The second kappa shape index (κ2) is 9.17. The van der Waals surface area contributed by atoms with E-state index >= 15 is 0 Å². The molecule has 11 heteroatoms. The minimum absolute atomic E-state index is 0.0307. The van der Waals surface area contributed by atoms with Crippen molar-refractivity contribution >= 4 is 28.2 Å². The molecule has 32 heavy (non-hydrogen) atoms. The van der Waals surface area contributed by atoms with Crippen molar-refractivity contribution in [2.24, 2.45) is 0 Å². The summed E-state index contributed by atoms with van der Waals surface area (Å²) in [4.78, 5) is 37.1. The van der Waals surface area contributed by atoms with E-state index in [0.717, 1.165) is 20.9 Å². The fraction of sp³-hybridized carbons (Fsp3) is 0.238. The van der Waals surface area contributed by atoms with Gasteiger partial charge < -0.3 is 4.90 Å². The summed E-state index contributed by atoms with van der Waals surface area (Å²) >= 11 is 0. The molecule has 2 aromatic rings. The van der Waals surface area contributed by atoms with E-state index in [4.69, 9.17) is 5.26 Å². The number of nitrogens with zero attached hydrogens (tertiary/aromatic N) is 4. The van der Waals surface area contributed by atoms with Gasteiger partial charge in [-0.3, -0.25) is 19.7 Å². The third kappa shape index (κ3) is 4.77. The smallest absolute Gasteiger partial charge is 0.318 e. The van der Waals surface area contributed by atoms with Crippen molar-refractivity contribution in [1.82, 2.24) is 14.9 Å². The van der Waals surface area contributed by atoms with E-state index in [2.05, 4.69) is 0 Å². The molecule has 0 bridgehead atoms. The van der Waals surface area contributed by atoms with Crippen LogP contribution in [0.5, 0.6) is 0 Å². The van der Waals surface area contributed by atoms with Gasteiger partial charge in [-0.2, -0.15) is 5.26 Å². The molecule has 0 radical (unpaired) electrons. The van der Waals surface area contributed by atoms with Crippen LogP contribution in [-0.4, -0.2) is 78.8 Å². The van der Waals surface area contributed by atoms with Crippen molar-refractivity contribution in [3.05, 3.63) is 54.1 Å². The van der Waals surface area contributed by atoms with Crippen LogP contribution in [0.3, 0.4) is 0 Å². The number of nitriles is 1. The van der Waals surface area contributed by atoms with E-state index in [1.165, 1.54) is 19.2 Å². The zero-order valence-electron chi connectivity index (χ0n) is 17.1. The third-order valence-corrected chi connectivity index (χ3v) is 6.89. The minimum Gasteiger partial charge on any atom is -0.318 e. The highest BCUT2D eigenvalue weighted by molar-refractivity contribution is 7.91. The fourth-order valence-corrected chi connectivity index (χ4v) is 4.81. The van der Waals surface area contributed by atoms with E-state index in [0.29, 0.717) is 5.56 Å². The van der Waals surface area contributed by atoms with E-state index in [1.807, 2.05) is 6.07 Å². The molecule has 1 fully saturated rings. The number of rotatable bonds is 8. The van der Waals surface area contributed by atoms with Gasteiger partial charge in [0, 0.05) is 7.05 Å². The molecular formula is C21H20N4O6S. The van der Waals surface area contributed by atoms with Gasteiger partial charge in [0.2, 0.25) is 12.3 Å². The number of carbonyl (C=O) groups excluding carboxylic acids is 3. The van der Waals surface area contributed by atoms with E-state index < -0.39 is 40.1 Å².